The van der Waals surface area contributed by atoms with Crippen LogP contribution in [0.3, 0.4) is 0 Å². The van der Waals surface area contributed by atoms with Gasteiger partial charge in [0.05, 0.1) is 0 Å². The smallest absolute Gasteiger partial charge is 0.229 e. The van der Waals surface area contributed by atoms with E-state index < -0.39 is 0 Å². The predicted molar refractivity (Wildman–Crippen MR) is 107 cm³/mol. The number of aromatic nitrogens is 3. The van der Waals surface area contributed by atoms with E-state index >= 15 is 0 Å². The molecule has 3 aromatic rings. The molecule has 1 aliphatic heterocycles. The largest absolute Gasteiger partial charge is 0.369 e. The van der Waals surface area contributed by atoms with Crippen molar-refractivity contribution in [1.82, 2.24) is 19.9 Å². The Balaban J connectivity index is 1.53. The Kier molecular flexibility index (Phi) is 4.75. The van der Waals surface area contributed by atoms with Crippen LogP contribution in [-0.2, 0) is 0 Å². The van der Waals surface area contributed by atoms with Crippen LogP contribution in [0.1, 0.15) is 26.3 Å². The zero-order chi connectivity index (χ0) is 17.9. The first-order chi connectivity index (χ1) is 12.7. The monoisotopic (exact) mass is 350 g/mol. The summed E-state index contributed by atoms with van der Waals surface area (Å²) < 4.78 is 2.22. The molecule has 2 N–H and O–H groups in total. The van der Waals surface area contributed by atoms with E-state index in [2.05, 4.69) is 75.5 Å². The van der Waals surface area contributed by atoms with Gasteiger partial charge in [0, 0.05) is 61.4 Å². The van der Waals surface area contributed by atoms with Gasteiger partial charge >= 0.3 is 0 Å². The molecule has 1 atom stereocenters. The van der Waals surface area contributed by atoms with Crippen molar-refractivity contribution in [1.29, 1.82) is 0 Å². The molecule has 0 saturated carbocycles. The molecule has 136 valence electrons. The zero-order valence-electron chi connectivity index (χ0n) is 15.4. The van der Waals surface area contributed by atoms with E-state index in [0.717, 1.165) is 49.3 Å². The Morgan fingerprint density at radius 3 is 2.65 bits per heavy atom. The number of piperazine rings is 1. The highest BCUT2D eigenvalue weighted by Crippen LogP contribution is 2.23. The van der Waals surface area contributed by atoms with Crippen molar-refractivity contribution in [3.05, 3.63) is 42.7 Å². The molecule has 0 spiro atoms. The minimum absolute atomic E-state index is 0.425. The third-order valence-corrected chi connectivity index (χ3v) is 5.13. The lowest BCUT2D eigenvalue weighted by atomic mass is 10.2. The van der Waals surface area contributed by atoms with Crippen molar-refractivity contribution < 1.29 is 0 Å². The maximum absolute atomic E-state index is 4.73. The minimum Gasteiger partial charge on any atom is -0.369 e. The molecule has 0 aliphatic carbocycles. The van der Waals surface area contributed by atoms with Gasteiger partial charge < -0.3 is 20.1 Å². The second-order valence-corrected chi connectivity index (χ2v) is 6.86. The molecule has 0 bridgehead atoms. The van der Waals surface area contributed by atoms with Gasteiger partial charge in [-0.2, -0.15) is 4.98 Å². The van der Waals surface area contributed by atoms with Crippen LogP contribution in [0, 0.1) is 0 Å². The Bertz CT molecular complexity index is 864. The predicted octanol–water partition coefficient (Wildman–Crippen LogP) is 3.56. The SMILES string of the molecule is CCC(C)n1ccc2cnc(Nc3ccc(N4CCNCC4)cc3)nc21. The summed E-state index contributed by atoms with van der Waals surface area (Å²) >= 11 is 0. The lowest BCUT2D eigenvalue weighted by Crippen LogP contribution is -2.43. The molecule has 1 fully saturated rings. The van der Waals surface area contributed by atoms with E-state index in [1.807, 2.05) is 6.20 Å². The van der Waals surface area contributed by atoms with Crippen LogP contribution < -0.4 is 15.5 Å². The average Bonchev–Trinajstić information content (AvgIpc) is 3.12. The third-order valence-electron chi connectivity index (χ3n) is 5.13. The molecule has 26 heavy (non-hydrogen) atoms. The number of nitrogens with one attached hydrogen (secondary N) is 2. The van der Waals surface area contributed by atoms with Gasteiger partial charge in [-0.15, -0.1) is 0 Å². The Hall–Kier alpha value is -2.60. The normalized spacial score (nSPS) is 16.0. The first-order valence-corrected chi connectivity index (χ1v) is 9.41. The summed E-state index contributed by atoms with van der Waals surface area (Å²) in [6.45, 7) is 8.60. The van der Waals surface area contributed by atoms with Crippen LogP contribution in [0.4, 0.5) is 17.3 Å². The highest BCUT2D eigenvalue weighted by atomic mass is 15.2. The maximum Gasteiger partial charge on any atom is 0.229 e. The molecule has 0 amide bonds. The summed E-state index contributed by atoms with van der Waals surface area (Å²) in [6, 6.07) is 11.0. The van der Waals surface area contributed by atoms with Gasteiger partial charge in [0.25, 0.3) is 0 Å². The van der Waals surface area contributed by atoms with Crippen LogP contribution in [0.15, 0.2) is 42.7 Å². The van der Waals surface area contributed by atoms with Crippen LogP contribution in [0.2, 0.25) is 0 Å². The number of hydrogen-bond acceptors (Lipinski definition) is 5. The summed E-state index contributed by atoms with van der Waals surface area (Å²) in [5, 5.41) is 7.79. The van der Waals surface area contributed by atoms with E-state index in [1.165, 1.54) is 5.69 Å². The molecule has 6 nitrogen and oxygen atoms in total. The van der Waals surface area contributed by atoms with Crippen LogP contribution >= 0.6 is 0 Å². The molecule has 1 aliphatic rings. The second kappa shape index (κ2) is 7.33. The fraction of sp³-hybridized carbons (Fsp3) is 0.400. The third kappa shape index (κ3) is 3.37. The molecule has 1 saturated heterocycles. The van der Waals surface area contributed by atoms with Crippen molar-refractivity contribution >= 4 is 28.4 Å². The number of rotatable bonds is 5. The van der Waals surface area contributed by atoms with E-state index in [4.69, 9.17) is 4.98 Å². The minimum atomic E-state index is 0.425. The summed E-state index contributed by atoms with van der Waals surface area (Å²) in [5.74, 6) is 0.635. The highest BCUT2D eigenvalue weighted by molar-refractivity contribution is 5.77. The fourth-order valence-corrected chi connectivity index (χ4v) is 3.36. The Morgan fingerprint density at radius 1 is 1.15 bits per heavy atom. The van der Waals surface area contributed by atoms with E-state index in [1.54, 1.807) is 0 Å². The van der Waals surface area contributed by atoms with Crippen molar-refractivity contribution in [3.63, 3.8) is 0 Å². The number of fused-ring (bicyclic) bond motifs is 1. The Morgan fingerprint density at radius 2 is 1.92 bits per heavy atom. The molecule has 6 heteroatoms. The molecule has 2 aromatic heterocycles. The second-order valence-electron chi connectivity index (χ2n) is 6.86. The van der Waals surface area contributed by atoms with Gasteiger partial charge in [-0.3, -0.25) is 0 Å². The molecule has 4 rings (SSSR count). The maximum atomic E-state index is 4.73. The first-order valence-electron chi connectivity index (χ1n) is 9.41. The van der Waals surface area contributed by atoms with Crippen molar-refractivity contribution in [2.24, 2.45) is 0 Å². The first kappa shape index (κ1) is 16.8. The lowest BCUT2D eigenvalue weighted by Gasteiger charge is -2.29. The molecule has 0 radical (unpaired) electrons. The summed E-state index contributed by atoms with van der Waals surface area (Å²) in [7, 11) is 0. The molecular weight excluding hydrogens is 324 g/mol. The van der Waals surface area contributed by atoms with Gasteiger partial charge in [-0.25, -0.2) is 4.98 Å². The topological polar surface area (TPSA) is 58.0 Å². The van der Waals surface area contributed by atoms with Gasteiger partial charge in [0.1, 0.15) is 5.65 Å². The standard InChI is InChI=1S/C20H26N6/c1-3-15(2)26-11-8-16-14-22-20(24-19(16)26)23-17-4-6-18(7-5-17)25-12-9-21-10-13-25/h4-8,11,14-15,21H,3,9-10,12-13H2,1-2H3,(H,22,23,24). The van der Waals surface area contributed by atoms with Crippen molar-refractivity contribution in [2.75, 3.05) is 36.4 Å². The molecular formula is C20H26N6. The van der Waals surface area contributed by atoms with Gasteiger partial charge in [0.15, 0.2) is 0 Å². The molecule has 1 aromatic carbocycles. The quantitative estimate of drug-likeness (QED) is 0.737. The molecule has 3 heterocycles. The van der Waals surface area contributed by atoms with Crippen LogP contribution in [0.5, 0.6) is 0 Å². The number of anilines is 3. The fourth-order valence-electron chi connectivity index (χ4n) is 3.36. The highest BCUT2D eigenvalue weighted by Gasteiger charge is 2.11. The Labute approximate surface area is 154 Å². The summed E-state index contributed by atoms with van der Waals surface area (Å²) in [5.41, 5.74) is 3.25. The zero-order valence-corrected chi connectivity index (χ0v) is 15.4. The summed E-state index contributed by atoms with van der Waals surface area (Å²) in [4.78, 5) is 11.6. The van der Waals surface area contributed by atoms with E-state index in [9.17, 15) is 0 Å². The van der Waals surface area contributed by atoms with Crippen molar-refractivity contribution in [2.45, 2.75) is 26.3 Å². The van der Waals surface area contributed by atoms with Gasteiger partial charge in [-0.05, 0) is 43.7 Å². The molecule has 1 unspecified atom stereocenters. The number of nitrogens with zero attached hydrogens (tertiary/aromatic N) is 4. The summed E-state index contributed by atoms with van der Waals surface area (Å²) in [6.07, 6.45) is 5.06. The average molecular weight is 350 g/mol. The van der Waals surface area contributed by atoms with E-state index in [-0.39, 0.29) is 0 Å². The number of hydrogen-bond donors (Lipinski definition) is 2. The van der Waals surface area contributed by atoms with Crippen LogP contribution in [-0.4, -0.2) is 40.7 Å². The van der Waals surface area contributed by atoms with Crippen molar-refractivity contribution in [3.8, 4) is 0 Å². The van der Waals surface area contributed by atoms with Gasteiger partial charge in [-0.1, -0.05) is 6.92 Å². The number of benzene rings is 1. The van der Waals surface area contributed by atoms with Gasteiger partial charge in [0.2, 0.25) is 5.95 Å². The van der Waals surface area contributed by atoms with E-state index in [0.29, 0.717) is 12.0 Å². The lowest BCUT2D eigenvalue weighted by molar-refractivity contribution is 0.545. The van der Waals surface area contributed by atoms with Crippen LogP contribution in [0.25, 0.3) is 11.0 Å².